The van der Waals surface area contributed by atoms with E-state index < -0.39 is 53.9 Å². The van der Waals surface area contributed by atoms with Gasteiger partial charge in [0.15, 0.2) is 0 Å². The number of hydrogen-bond donors (Lipinski definition) is 3. The molecule has 0 radical (unpaired) electrons. The Bertz CT molecular complexity index is 562. The van der Waals surface area contributed by atoms with Crippen molar-refractivity contribution >= 4 is 12.2 Å². The molecule has 0 heterocycles. The van der Waals surface area contributed by atoms with Crippen LogP contribution in [0.3, 0.4) is 0 Å². The Balaban J connectivity index is 5.41. The van der Waals surface area contributed by atoms with Crippen molar-refractivity contribution < 1.29 is 46.1 Å². The molecule has 0 rings (SSSR count). The number of carboxylic acid groups (broad SMARTS) is 2. The molecule has 0 aliphatic carbocycles. The quantitative estimate of drug-likeness (QED) is 0.151. The third kappa shape index (κ3) is 8.64. The Kier molecular flexibility index (Phi) is 12.1. The van der Waals surface area contributed by atoms with E-state index >= 15 is 4.39 Å². The van der Waals surface area contributed by atoms with Crippen LogP contribution in [0.4, 0.5) is 35.9 Å². The van der Waals surface area contributed by atoms with Gasteiger partial charge in [0.2, 0.25) is 0 Å². The first-order valence-electron chi connectivity index (χ1n) is 10.3. The van der Waals surface area contributed by atoms with Crippen molar-refractivity contribution in [3.05, 3.63) is 0 Å². The largest absolute Gasteiger partial charge is 0.465 e. The highest BCUT2D eigenvalue weighted by Gasteiger charge is 2.75. The van der Waals surface area contributed by atoms with Gasteiger partial charge in [0, 0.05) is 19.5 Å². The lowest BCUT2D eigenvalue weighted by Gasteiger charge is -2.42. The van der Waals surface area contributed by atoms with Crippen molar-refractivity contribution in [2.75, 3.05) is 13.1 Å². The molecular formula is C19H32F6N2O4. The molecule has 3 N–H and O–H groups in total. The predicted molar refractivity (Wildman–Crippen MR) is 102 cm³/mol. The van der Waals surface area contributed by atoms with Crippen molar-refractivity contribution in [2.24, 2.45) is 5.92 Å². The zero-order valence-corrected chi connectivity index (χ0v) is 17.8. The molecule has 0 fully saturated rings. The second kappa shape index (κ2) is 12.8. The van der Waals surface area contributed by atoms with E-state index in [9.17, 15) is 31.5 Å². The third-order valence-corrected chi connectivity index (χ3v) is 5.14. The third-order valence-electron chi connectivity index (χ3n) is 5.14. The molecule has 0 spiro atoms. The lowest BCUT2D eigenvalue weighted by Crippen LogP contribution is -2.67. The number of unbranched alkanes of at least 4 members (excludes halogenated alkanes) is 4. The fraction of sp³-hybridized carbons (Fsp3) is 0.895. The second-order valence-corrected chi connectivity index (χ2v) is 7.53. The normalized spacial score (nSPS) is 15.2. The van der Waals surface area contributed by atoms with Crippen molar-refractivity contribution in [3.63, 3.8) is 0 Å². The van der Waals surface area contributed by atoms with Gasteiger partial charge in [-0.2, -0.15) is 13.2 Å². The van der Waals surface area contributed by atoms with Gasteiger partial charge in [0.1, 0.15) is 0 Å². The standard InChI is InChI=1S/C19H32F6N2O4/c1-3-5-10-14(4-2)13-17(20,21)18(22,19(23,24)25)27(16(30)31)12-9-7-6-8-11-26-15(28)29/h14,26H,3-13H2,1-2H3,(H,28,29)(H,30,31). The Morgan fingerprint density at radius 3 is 1.97 bits per heavy atom. The summed E-state index contributed by atoms with van der Waals surface area (Å²) in [5.41, 5.74) is 0. The Morgan fingerprint density at radius 2 is 1.52 bits per heavy atom. The fourth-order valence-electron chi connectivity index (χ4n) is 3.32. The lowest BCUT2D eigenvalue weighted by molar-refractivity contribution is -0.349. The van der Waals surface area contributed by atoms with Crippen LogP contribution in [-0.4, -0.2) is 58.3 Å². The average molecular weight is 466 g/mol. The van der Waals surface area contributed by atoms with E-state index in [0.29, 0.717) is 25.7 Å². The molecule has 2 atom stereocenters. The van der Waals surface area contributed by atoms with Gasteiger partial charge < -0.3 is 15.5 Å². The molecule has 12 heteroatoms. The zero-order chi connectivity index (χ0) is 24.3. The molecule has 0 aromatic carbocycles. The molecule has 0 aliphatic rings. The average Bonchev–Trinajstić information content (AvgIpc) is 2.65. The Hall–Kier alpha value is -1.88. The van der Waals surface area contributed by atoms with Crippen LogP contribution < -0.4 is 5.32 Å². The van der Waals surface area contributed by atoms with Gasteiger partial charge in [-0.25, -0.2) is 22.8 Å². The van der Waals surface area contributed by atoms with E-state index in [1.165, 1.54) is 6.92 Å². The van der Waals surface area contributed by atoms with Crippen LogP contribution in [-0.2, 0) is 0 Å². The summed E-state index contributed by atoms with van der Waals surface area (Å²) in [5, 5.41) is 19.6. The minimum Gasteiger partial charge on any atom is -0.465 e. The summed E-state index contributed by atoms with van der Waals surface area (Å²) >= 11 is 0. The highest BCUT2D eigenvalue weighted by molar-refractivity contribution is 5.66. The van der Waals surface area contributed by atoms with Crippen LogP contribution >= 0.6 is 0 Å². The number of alkyl halides is 6. The number of carbonyl (C=O) groups is 2. The van der Waals surface area contributed by atoms with E-state index in [1.807, 2.05) is 0 Å². The number of nitrogens with one attached hydrogen (secondary N) is 1. The summed E-state index contributed by atoms with van der Waals surface area (Å²) in [5.74, 6) is -11.2. The highest BCUT2D eigenvalue weighted by atomic mass is 19.4. The molecule has 0 aliphatic heterocycles. The van der Waals surface area contributed by atoms with E-state index in [-0.39, 0.29) is 32.2 Å². The molecule has 2 unspecified atom stereocenters. The van der Waals surface area contributed by atoms with Gasteiger partial charge in [0.05, 0.1) is 0 Å². The van der Waals surface area contributed by atoms with E-state index in [4.69, 9.17) is 10.2 Å². The van der Waals surface area contributed by atoms with E-state index in [1.54, 1.807) is 6.92 Å². The predicted octanol–water partition coefficient (Wildman–Crippen LogP) is 6.26. The number of halogens is 6. The maximum atomic E-state index is 15.1. The first-order chi connectivity index (χ1) is 14.2. The van der Waals surface area contributed by atoms with Gasteiger partial charge in [0.25, 0.3) is 0 Å². The van der Waals surface area contributed by atoms with Crippen LogP contribution in [0, 0.1) is 5.92 Å². The van der Waals surface area contributed by atoms with Gasteiger partial charge in [-0.15, -0.1) is 0 Å². The summed E-state index contributed by atoms with van der Waals surface area (Å²) in [6.07, 6.45) is -9.38. The topological polar surface area (TPSA) is 89.9 Å². The molecule has 6 nitrogen and oxygen atoms in total. The summed E-state index contributed by atoms with van der Waals surface area (Å²) < 4.78 is 85.2. The Morgan fingerprint density at radius 1 is 0.935 bits per heavy atom. The summed E-state index contributed by atoms with van der Waals surface area (Å²) in [6.45, 7) is 2.29. The van der Waals surface area contributed by atoms with Gasteiger partial charge >= 0.3 is 30.1 Å². The van der Waals surface area contributed by atoms with Crippen molar-refractivity contribution in [1.82, 2.24) is 10.2 Å². The SMILES string of the molecule is CCCCC(CC)CC(F)(F)C(F)(N(CCCCCCNC(=O)O)C(=O)O)C(F)(F)F. The van der Waals surface area contributed by atoms with Crippen molar-refractivity contribution in [1.29, 1.82) is 0 Å². The minimum absolute atomic E-state index is 0.0712. The lowest BCUT2D eigenvalue weighted by atomic mass is 9.88. The number of rotatable bonds is 15. The number of hydrogen-bond acceptors (Lipinski definition) is 2. The second-order valence-electron chi connectivity index (χ2n) is 7.53. The summed E-state index contributed by atoms with van der Waals surface area (Å²) in [7, 11) is 0. The highest BCUT2D eigenvalue weighted by Crippen LogP contribution is 2.51. The summed E-state index contributed by atoms with van der Waals surface area (Å²) in [6, 6.07) is 0. The maximum absolute atomic E-state index is 15.1. The molecule has 0 saturated heterocycles. The van der Waals surface area contributed by atoms with Gasteiger partial charge in [-0.3, -0.25) is 4.90 Å². The number of amides is 2. The molecule has 0 saturated carbocycles. The fourth-order valence-corrected chi connectivity index (χ4v) is 3.32. The van der Waals surface area contributed by atoms with E-state index in [0.717, 1.165) is 0 Å². The minimum atomic E-state index is -6.14. The van der Waals surface area contributed by atoms with Crippen LogP contribution in [0.2, 0.25) is 0 Å². The van der Waals surface area contributed by atoms with Gasteiger partial charge in [-0.1, -0.05) is 52.4 Å². The smallest absolute Gasteiger partial charge is 0.448 e. The molecule has 2 amide bonds. The number of nitrogens with zero attached hydrogens (tertiary/aromatic N) is 1. The molecular weight excluding hydrogens is 434 g/mol. The first-order valence-corrected chi connectivity index (χ1v) is 10.3. The zero-order valence-electron chi connectivity index (χ0n) is 17.8. The maximum Gasteiger partial charge on any atom is 0.448 e. The molecule has 0 aromatic heterocycles. The van der Waals surface area contributed by atoms with Crippen LogP contribution in [0.25, 0.3) is 0 Å². The Labute approximate surface area is 178 Å². The first kappa shape index (κ1) is 29.1. The summed E-state index contributed by atoms with van der Waals surface area (Å²) in [4.78, 5) is 20.9. The molecule has 0 bridgehead atoms. The monoisotopic (exact) mass is 466 g/mol. The van der Waals surface area contributed by atoms with E-state index in [2.05, 4.69) is 5.32 Å². The van der Waals surface area contributed by atoms with Crippen LogP contribution in [0.15, 0.2) is 0 Å². The van der Waals surface area contributed by atoms with Gasteiger partial charge in [-0.05, 0) is 18.8 Å². The molecule has 31 heavy (non-hydrogen) atoms. The van der Waals surface area contributed by atoms with Crippen molar-refractivity contribution in [3.8, 4) is 0 Å². The molecule has 0 aromatic rings. The van der Waals surface area contributed by atoms with Crippen LogP contribution in [0.1, 0.15) is 71.6 Å². The van der Waals surface area contributed by atoms with Crippen LogP contribution in [0.5, 0.6) is 0 Å². The van der Waals surface area contributed by atoms with Crippen molar-refractivity contribution in [2.45, 2.75) is 89.5 Å². The molecule has 184 valence electrons.